The number of carbonyl (C=O) groups excluding carboxylic acids is 2. The van der Waals surface area contributed by atoms with Gasteiger partial charge in [0.15, 0.2) is 6.29 Å². The molecule has 6 N–H and O–H groups in total. The highest BCUT2D eigenvalue weighted by Crippen LogP contribution is 2.24. The Labute approximate surface area is 530 Å². The van der Waals surface area contributed by atoms with Crippen LogP contribution in [0.1, 0.15) is 367 Å². The Morgan fingerprint density at radius 3 is 1.15 bits per heavy atom. The number of hydrogen-bond donors (Lipinski definition) is 6. The number of nitrogens with one attached hydrogen (secondary N) is 1. The summed E-state index contributed by atoms with van der Waals surface area (Å²) >= 11 is 0. The maximum Gasteiger partial charge on any atom is 0.305 e. The molecule has 7 unspecified atom stereocenters. The number of rotatable bonds is 66. The fraction of sp³-hybridized carbons (Fsp3) is 0.893. The topological polar surface area (TPSA) is 175 Å². The van der Waals surface area contributed by atoms with Gasteiger partial charge >= 0.3 is 5.97 Å². The quantitative estimate of drug-likeness (QED) is 0.0195. The lowest BCUT2D eigenvalue weighted by Gasteiger charge is -2.40. The first-order valence-electron chi connectivity index (χ1n) is 37.3. The number of ether oxygens (including phenoxy) is 3. The number of carbonyl (C=O) groups is 2. The minimum atomic E-state index is -1.58. The highest BCUT2D eigenvalue weighted by atomic mass is 16.7. The van der Waals surface area contributed by atoms with Crippen molar-refractivity contribution in [2.75, 3.05) is 19.8 Å². The van der Waals surface area contributed by atoms with Crippen molar-refractivity contribution >= 4 is 11.9 Å². The zero-order chi connectivity index (χ0) is 62.3. The summed E-state index contributed by atoms with van der Waals surface area (Å²) in [7, 11) is 0. The fourth-order valence-electron chi connectivity index (χ4n) is 11.9. The lowest BCUT2D eigenvalue weighted by Crippen LogP contribution is -2.60. The van der Waals surface area contributed by atoms with Gasteiger partial charge in [0, 0.05) is 12.8 Å². The lowest BCUT2D eigenvalue weighted by atomic mass is 9.99. The number of allylic oxidation sites excluding steroid dienone is 5. The monoisotopic (exact) mass is 1220 g/mol. The van der Waals surface area contributed by atoms with Gasteiger partial charge in [-0.2, -0.15) is 0 Å². The van der Waals surface area contributed by atoms with Crippen molar-refractivity contribution in [1.82, 2.24) is 5.32 Å². The molecule has 1 saturated heterocycles. The Hall–Kier alpha value is -2.12. The summed E-state index contributed by atoms with van der Waals surface area (Å²) in [6.07, 6.45) is 73.0. The molecule has 1 heterocycles. The van der Waals surface area contributed by atoms with Gasteiger partial charge in [-0.05, 0) is 57.8 Å². The van der Waals surface area contributed by atoms with E-state index in [4.69, 9.17) is 14.2 Å². The third-order valence-corrected chi connectivity index (χ3v) is 17.7. The van der Waals surface area contributed by atoms with Crippen molar-refractivity contribution in [2.45, 2.75) is 410 Å². The normalized spacial score (nSPS) is 18.1. The van der Waals surface area contributed by atoms with E-state index in [2.05, 4.69) is 43.5 Å². The molecule has 1 fully saturated rings. The second kappa shape index (κ2) is 64.4. The number of amides is 1. The summed E-state index contributed by atoms with van der Waals surface area (Å²) < 4.78 is 16.7. The average molecular weight is 1220 g/mol. The van der Waals surface area contributed by atoms with Crippen molar-refractivity contribution in [3.8, 4) is 0 Å². The van der Waals surface area contributed by atoms with Gasteiger partial charge in [0.2, 0.25) is 5.91 Å². The largest absolute Gasteiger partial charge is 0.466 e. The van der Waals surface area contributed by atoms with Gasteiger partial charge in [-0.15, -0.1) is 0 Å². The summed E-state index contributed by atoms with van der Waals surface area (Å²) in [5, 5.41) is 54.5. The third kappa shape index (κ3) is 52.6. The molecule has 1 rings (SSSR count). The van der Waals surface area contributed by atoms with Gasteiger partial charge in [0.05, 0.1) is 32.0 Å². The van der Waals surface area contributed by atoms with Crippen LogP contribution < -0.4 is 5.32 Å². The van der Waals surface area contributed by atoms with Crippen molar-refractivity contribution in [3.63, 3.8) is 0 Å². The molecular formula is C75H141NO10. The van der Waals surface area contributed by atoms with E-state index in [9.17, 15) is 35.1 Å². The Balaban J connectivity index is 1.93. The number of esters is 1. The summed E-state index contributed by atoms with van der Waals surface area (Å²) in [5.74, 6) is -0.175. The van der Waals surface area contributed by atoms with Crippen LogP contribution in [0.15, 0.2) is 36.5 Å². The first-order chi connectivity index (χ1) is 42.2. The van der Waals surface area contributed by atoms with Gasteiger partial charge in [-0.25, -0.2) is 0 Å². The Morgan fingerprint density at radius 1 is 0.419 bits per heavy atom. The Bertz CT molecular complexity index is 1520. The lowest BCUT2D eigenvalue weighted by molar-refractivity contribution is -0.302. The van der Waals surface area contributed by atoms with Crippen LogP contribution in [-0.4, -0.2) is 100 Å². The van der Waals surface area contributed by atoms with Crippen molar-refractivity contribution in [3.05, 3.63) is 36.5 Å². The van der Waals surface area contributed by atoms with Gasteiger partial charge in [-0.1, -0.05) is 333 Å². The zero-order valence-corrected chi connectivity index (χ0v) is 56.3. The number of aliphatic hydroxyl groups is 5. The third-order valence-electron chi connectivity index (χ3n) is 17.7. The number of unbranched alkanes of at least 4 members (excludes halogenated alkanes) is 48. The Morgan fingerprint density at radius 2 is 0.756 bits per heavy atom. The maximum atomic E-state index is 13.1. The summed E-state index contributed by atoms with van der Waals surface area (Å²) in [4.78, 5) is 25.1. The van der Waals surface area contributed by atoms with Gasteiger partial charge in [-0.3, -0.25) is 9.59 Å². The first kappa shape index (κ1) is 81.9. The molecule has 0 saturated carbocycles. The molecule has 0 radical (unpaired) electrons. The molecule has 0 spiro atoms. The molecule has 0 aliphatic carbocycles. The van der Waals surface area contributed by atoms with Crippen LogP contribution >= 0.6 is 0 Å². The molecule has 86 heavy (non-hydrogen) atoms. The minimum absolute atomic E-state index is 0.0152. The molecule has 11 heteroatoms. The summed E-state index contributed by atoms with van der Waals surface area (Å²) in [6.45, 7) is 4.33. The van der Waals surface area contributed by atoms with Crippen LogP contribution in [0.2, 0.25) is 0 Å². The summed E-state index contributed by atoms with van der Waals surface area (Å²) in [6, 6.07) is -0.831. The van der Waals surface area contributed by atoms with Crippen molar-refractivity contribution in [1.29, 1.82) is 0 Å². The molecule has 11 nitrogen and oxygen atoms in total. The van der Waals surface area contributed by atoms with Gasteiger partial charge < -0.3 is 45.1 Å². The van der Waals surface area contributed by atoms with Gasteiger partial charge in [0.1, 0.15) is 24.4 Å². The molecule has 0 aromatic heterocycles. The summed E-state index contributed by atoms with van der Waals surface area (Å²) in [5.41, 5.74) is 0. The van der Waals surface area contributed by atoms with Crippen molar-refractivity contribution in [2.24, 2.45) is 0 Å². The smallest absolute Gasteiger partial charge is 0.305 e. The van der Waals surface area contributed by atoms with Crippen molar-refractivity contribution < 1.29 is 49.3 Å². The molecule has 7 atom stereocenters. The number of hydrogen-bond acceptors (Lipinski definition) is 10. The standard InChI is InChI=1S/C75H141NO10/c1-3-5-7-9-11-13-15-38-41-45-49-53-57-61-68(78)67(66-85-75-74(83)73(82)72(81)69(65-77)86-75)76-70(79)62-58-54-50-46-42-39-36-34-32-30-28-26-24-22-20-18-17-19-21-23-25-27-29-31-33-35-37-40-44-48-52-56-60-64-84-71(80)63-59-55-51-47-43-16-14-12-10-8-6-4-2/h11,13,41,45,57,61,67-69,72-75,77-78,81-83H,3-10,12,14-40,42-44,46-56,58-60,62-66H2,1-2H3,(H,76,79)/b13-11+,45-41+,61-57+. The predicted octanol–water partition coefficient (Wildman–Crippen LogP) is 19.4. The van der Waals surface area contributed by atoms with E-state index in [0.29, 0.717) is 19.4 Å². The minimum Gasteiger partial charge on any atom is -0.466 e. The van der Waals surface area contributed by atoms with E-state index < -0.39 is 49.5 Å². The zero-order valence-electron chi connectivity index (χ0n) is 56.3. The van der Waals surface area contributed by atoms with Crippen LogP contribution in [0.3, 0.4) is 0 Å². The maximum absolute atomic E-state index is 13.1. The molecule has 506 valence electrons. The first-order valence-corrected chi connectivity index (χ1v) is 37.3. The average Bonchev–Trinajstić information content (AvgIpc) is 3.69. The van der Waals surface area contributed by atoms with Crippen LogP contribution in [-0.2, 0) is 23.8 Å². The number of aliphatic hydroxyl groups excluding tert-OH is 5. The molecule has 0 aromatic carbocycles. The van der Waals surface area contributed by atoms with Crippen LogP contribution in [0.25, 0.3) is 0 Å². The van der Waals surface area contributed by atoms with E-state index in [1.165, 1.54) is 276 Å². The second-order valence-electron chi connectivity index (χ2n) is 26.0. The molecule has 1 aliphatic rings. The SMILES string of the molecule is CCCCC/C=C/CC/C=C/CC/C=C/C(O)C(COC1OC(CO)C(O)C(O)C1O)NC(=O)CCCCCCCCCCCCCCCCCCCCCCCCCCCCCCCCCCCOC(=O)CCCCCCCCCCCCCC. The molecular weight excluding hydrogens is 1070 g/mol. The predicted molar refractivity (Wildman–Crippen MR) is 361 cm³/mol. The highest BCUT2D eigenvalue weighted by molar-refractivity contribution is 5.76. The Kier molecular flexibility index (Phi) is 61.3. The molecule has 0 bridgehead atoms. The van der Waals surface area contributed by atoms with E-state index >= 15 is 0 Å². The molecule has 0 aromatic rings. The molecule has 1 aliphatic heterocycles. The van der Waals surface area contributed by atoms with Crippen LogP contribution in [0.4, 0.5) is 0 Å². The van der Waals surface area contributed by atoms with Crippen LogP contribution in [0, 0.1) is 0 Å². The fourth-order valence-corrected chi connectivity index (χ4v) is 11.9. The van der Waals surface area contributed by atoms with E-state index in [0.717, 1.165) is 64.2 Å². The van der Waals surface area contributed by atoms with Gasteiger partial charge in [0.25, 0.3) is 0 Å². The second-order valence-corrected chi connectivity index (χ2v) is 26.0. The van der Waals surface area contributed by atoms with E-state index in [1.807, 2.05) is 6.08 Å². The van der Waals surface area contributed by atoms with Crippen LogP contribution in [0.5, 0.6) is 0 Å². The molecule has 1 amide bonds. The van der Waals surface area contributed by atoms with E-state index in [-0.39, 0.29) is 18.5 Å². The van der Waals surface area contributed by atoms with E-state index in [1.54, 1.807) is 6.08 Å². The highest BCUT2D eigenvalue weighted by Gasteiger charge is 2.44.